The van der Waals surface area contributed by atoms with E-state index >= 15 is 0 Å². The summed E-state index contributed by atoms with van der Waals surface area (Å²) < 4.78 is 0. The summed E-state index contributed by atoms with van der Waals surface area (Å²) in [6.45, 7) is 9.24. The quantitative estimate of drug-likeness (QED) is 0.645. The molecule has 20 heavy (non-hydrogen) atoms. The molecule has 2 rings (SSSR count). The smallest absolute Gasteiger partial charge is 0.0284 e. The van der Waals surface area contributed by atoms with Crippen LogP contribution in [0.2, 0.25) is 0 Å². The summed E-state index contributed by atoms with van der Waals surface area (Å²) in [5.41, 5.74) is 7.77. The summed E-state index contributed by atoms with van der Waals surface area (Å²) in [5.74, 6) is 6.59. The Labute approximate surface area is 124 Å². The fourth-order valence-corrected chi connectivity index (χ4v) is 3.98. The van der Waals surface area contributed by atoms with Gasteiger partial charge in [0.1, 0.15) is 0 Å². The van der Waals surface area contributed by atoms with Crippen molar-refractivity contribution in [2.45, 2.75) is 65.8 Å². The maximum Gasteiger partial charge on any atom is 0.0284 e. The van der Waals surface area contributed by atoms with Crippen LogP contribution in [0.1, 0.15) is 56.2 Å². The van der Waals surface area contributed by atoms with Crippen molar-refractivity contribution in [3.8, 4) is 0 Å². The highest BCUT2D eigenvalue weighted by Crippen LogP contribution is 2.43. The number of aryl methyl sites for hydroxylation is 2. The van der Waals surface area contributed by atoms with Crippen LogP contribution in [0.3, 0.4) is 0 Å². The Morgan fingerprint density at radius 1 is 1.25 bits per heavy atom. The van der Waals surface area contributed by atoms with Crippen LogP contribution in [0.5, 0.6) is 0 Å². The molecule has 2 unspecified atom stereocenters. The second-order valence-corrected chi connectivity index (χ2v) is 7.19. The molecule has 3 N–H and O–H groups in total. The molecule has 0 heterocycles. The van der Waals surface area contributed by atoms with Crippen LogP contribution >= 0.6 is 0 Å². The maximum absolute atomic E-state index is 5.92. The molecule has 1 fully saturated rings. The Morgan fingerprint density at radius 2 is 1.90 bits per heavy atom. The van der Waals surface area contributed by atoms with E-state index < -0.39 is 0 Å². The standard InChI is InChI=1S/C18H30N2/c1-13-8-7-9-14(2)15(13)12-17(20-19)16-10-5-6-11-18(16,3)4/h7-9,16-17,20H,5-6,10-12,19H2,1-4H3. The molecule has 112 valence electrons. The Hall–Kier alpha value is -0.860. The van der Waals surface area contributed by atoms with Crippen LogP contribution in [-0.2, 0) is 6.42 Å². The van der Waals surface area contributed by atoms with Gasteiger partial charge >= 0.3 is 0 Å². The first-order chi connectivity index (χ1) is 9.45. The third-order valence-electron chi connectivity index (χ3n) is 5.36. The van der Waals surface area contributed by atoms with Gasteiger partial charge < -0.3 is 0 Å². The first-order valence-corrected chi connectivity index (χ1v) is 7.97. The van der Waals surface area contributed by atoms with Gasteiger partial charge in [-0.05, 0) is 61.1 Å². The Bertz CT molecular complexity index is 430. The van der Waals surface area contributed by atoms with E-state index in [1.807, 2.05) is 0 Å². The lowest BCUT2D eigenvalue weighted by molar-refractivity contribution is 0.0980. The fraction of sp³-hybridized carbons (Fsp3) is 0.667. The second-order valence-electron chi connectivity index (χ2n) is 7.19. The molecule has 2 heteroatoms. The number of hydrogen-bond acceptors (Lipinski definition) is 2. The van der Waals surface area contributed by atoms with Crippen molar-refractivity contribution in [2.24, 2.45) is 17.2 Å². The largest absolute Gasteiger partial charge is 0.271 e. The first kappa shape index (κ1) is 15.5. The van der Waals surface area contributed by atoms with Crippen molar-refractivity contribution in [1.82, 2.24) is 5.43 Å². The lowest BCUT2D eigenvalue weighted by Crippen LogP contribution is -2.49. The highest BCUT2D eigenvalue weighted by Gasteiger charge is 2.37. The summed E-state index contributed by atoms with van der Waals surface area (Å²) in [5, 5.41) is 0. The molecule has 1 aromatic carbocycles. The van der Waals surface area contributed by atoms with Crippen molar-refractivity contribution in [3.05, 3.63) is 34.9 Å². The number of rotatable bonds is 4. The summed E-state index contributed by atoms with van der Waals surface area (Å²) in [7, 11) is 0. The number of benzene rings is 1. The minimum atomic E-state index is 0.380. The molecule has 0 saturated heterocycles. The van der Waals surface area contributed by atoms with E-state index in [4.69, 9.17) is 5.84 Å². The van der Waals surface area contributed by atoms with Gasteiger partial charge in [0, 0.05) is 6.04 Å². The third-order valence-corrected chi connectivity index (χ3v) is 5.36. The average molecular weight is 274 g/mol. The van der Waals surface area contributed by atoms with Gasteiger partial charge in [-0.15, -0.1) is 0 Å². The molecule has 0 bridgehead atoms. The molecule has 1 aliphatic rings. The predicted octanol–water partition coefficient (Wildman–Crippen LogP) is 3.89. The van der Waals surface area contributed by atoms with Crippen molar-refractivity contribution < 1.29 is 0 Å². The van der Waals surface area contributed by atoms with Gasteiger partial charge in [-0.2, -0.15) is 0 Å². The van der Waals surface area contributed by atoms with E-state index in [0.29, 0.717) is 17.4 Å². The van der Waals surface area contributed by atoms with Crippen LogP contribution in [0.15, 0.2) is 18.2 Å². The van der Waals surface area contributed by atoms with Crippen molar-refractivity contribution in [3.63, 3.8) is 0 Å². The van der Waals surface area contributed by atoms with Gasteiger partial charge in [0.25, 0.3) is 0 Å². The van der Waals surface area contributed by atoms with Gasteiger partial charge in [-0.25, -0.2) is 0 Å². The van der Waals surface area contributed by atoms with Gasteiger partial charge in [0.15, 0.2) is 0 Å². The molecule has 0 aromatic heterocycles. The molecule has 1 saturated carbocycles. The van der Waals surface area contributed by atoms with Crippen LogP contribution in [0.25, 0.3) is 0 Å². The van der Waals surface area contributed by atoms with Crippen LogP contribution in [0.4, 0.5) is 0 Å². The van der Waals surface area contributed by atoms with E-state index in [9.17, 15) is 0 Å². The lowest BCUT2D eigenvalue weighted by Gasteiger charge is -2.43. The molecular formula is C18H30N2. The molecule has 0 spiro atoms. The van der Waals surface area contributed by atoms with E-state index in [-0.39, 0.29) is 0 Å². The number of nitrogens with one attached hydrogen (secondary N) is 1. The Kier molecular flexibility index (Phi) is 4.87. The molecule has 0 radical (unpaired) electrons. The second kappa shape index (κ2) is 6.28. The van der Waals surface area contributed by atoms with E-state index in [1.54, 1.807) is 0 Å². The number of nitrogens with two attached hydrogens (primary N) is 1. The molecule has 2 nitrogen and oxygen atoms in total. The van der Waals surface area contributed by atoms with E-state index in [0.717, 1.165) is 6.42 Å². The van der Waals surface area contributed by atoms with Crippen LogP contribution in [-0.4, -0.2) is 6.04 Å². The third kappa shape index (κ3) is 3.24. The maximum atomic E-state index is 5.92. The van der Waals surface area contributed by atoms with Crippen LogP contribution < -0.4 is 11.3 Å². The zero-order chi connectivity index (χ0) is 14.8. The van der Waals surface area contributed by atoms with Gasteiger partial charge in [-0.1, -0.05) is 44.9 Å². The lowest BCUT2D eigenvalue weighted by atomic mass is 9.65. The first-order valence-electron chi connectivity index (χ1n) is 7.97. The Balaban J connectivity index is 2.20. The summed E-state index contributed by atoms with van der Waals surface area (Å²) in [6.07, 6.45) is 6.38. The molecule has 0 amide bonds. The number of hydrazine groups is 1. The molecule has 2 atom stereocenters. The minimum absolute atomic E-state index is 0.380. The molecule has 1 aliphatic carbocycles. The summed E-state index contributed by atoms with van der Waals surface area (Å²) in [4.78, 5) is 0. The minimum Gasteiger partial charge on any atom is -0.271 e. The Morgan fingerprint density at radius 3 is 2.45 bits per heavy atom. The average Bonchev–Trinajstić information content (AvgIpc) is 2.39. The van der Waals surface area contributed by atoms with E-state index in [1.165, 1.54) is 42.4 Å². The topological polar surface area (TPSA) is 38.0 Å². The molecule has 0 aliphatic heterocycles. The highest BCUT2D eigenvalue weighted by atomic mass is 15.2. The molecule has 1 aromatic rings. The summed E-state index contributed by atoms with van der Waals surface area (Å²) >= 11 is 0. The molecular weight excluding hydrogens is 244 g/mol. The number of hydrogen-bond donors (Lipinski definition) is 2. The normalized spacial score (nSPS) is 23.6. The van der Waals surface area contributed by atoms with Crippen LogP contribution in [0, 0.1) is 25.2 Å². The van der Waals surface area contributed by atoms with Crippen molar-refractivity contribution in [1.29, 1.82) is 0 Å². The van der Waals surface area contributed by atoms with Gasteiger partial charge in [0.2, 0.25) is 0 Å². The fourth-order valence-electron chi connectivity index (χ4n) is 3.98. The summed E-state index contributed by atoms with van der Waals surface area (Å²) in [6, 6.07) is 6.94. The monoisotopic (exact) mass is 274 g/mol. The van der Waals surface area contributed by atoms with Crippen molar-refractivity contribution >= 4 is 0 Å². The zero-order valence-corrected chi connectivity index (χ0v) is 13.5. The highest BCUT2D eigenvalue weighted by molar-refractivity contribution is 5.34. The van der Waals surface area contributed by atoms with Crippen molar-refractivity contribution in [2.75, 3.05) is 0 Å². The SMILES string of the molecule is Cc1cccc(C)c1CC(NN)C1CCCCC1(C)C. The predicted molar refractivity (Wildman–Crippen MR) is 86.5 cm³/mol. The van der Waals surface area contributed by atoms with Gasteiger partial charge in [-0.3, -0.25) is 11.3 Å². The van der Waals surface area contributed by atoms with Gasteiger partial charge in [0.05, 0.1) is 0 Å². The zero-order valence-electron chi connectivity index (χ0n) is 13.5. The van der Waals surface area contributed by atoms with E-state index in [2.05, 4.69) is 51.3 Å².